The summed E-state index contributed by atoms with van der Waals surface area (Å²) in [5.74, 6) is -0.224. The first-order valence-electron chi connectivity index (χ1n) is 12.1. The van der Waals surface area contributed by atoms with Gasteiger partial charge < -0.3 is 44.5 Å². The average Bonchev–Trinajstić information content (AvgIpc) is 3.45. The molecule has 0 aromatic heterocycles. The molecule has 11 nitrogen and oxygen atoms in total. The van der Waals surface area contributed by atoms with Crippen molar-refractivity contribution in [1.29, 1.82) is 0 Å². The van der Waals surface area contributed by atoms with E-state index in [9.17, 15) is 19.8 Å². The second kappa shape index (κ2) is 14.3. The van der Waals surface area contributed by atoms with E-state index in [0.717, 1.165) is 0 Å². The molecule has 1 aliphatic heterocycles. The molecule has 1 fully saturated rings. The number of aliphatic hydroxyl groups excluding tert-OH is 3. The lowest BCUT2D eigenvalue weighted by molar-refractivity contribution is -0.143. The zero-order valence-electron chi connectivity index (χ0n) is 21.0. The summed E-state index contributed by atoms with van der Waals surface area (Å²) in [5.41, 5.74) is 0.956. The number of hydrogen-bond acceptors (Lipinski definition) is 9. The fraction of sp³-hybridized carbons (Fsp3) is 0.600. The van der Waals surface area contributed by atoms with Crippen LogP contribution in [-0.2, 0) is 25.7 Å². The molecule has 1 aliphatic carbocycles. The zero-order chi connectivity index (χ0) is 26.9. The normalized spacial score (nSPS) is 23.4. The molecule has 4 unspecified atom stereocenters. The van der Waals surface area contributed by atoms with Gasteiger partial charge in [-0.3, -0.25) is 9.59 Å². The number of carbonyl (C=O) groups is 2. The maximum absolute atomic E-state index is 13.5. The Kier molecular flexibility index (Phi) is 11.4. The molecule has 2 amide bonds. The lowest BCUT2D eigenvalue weighted by atomic mass is 9.87. The molecule has 0 radical (unpaired) electrons. The van der Waals surface area contributed by atoms with Crippen molar-refractivity contribution in [3.63, 3.8) is 0 Å². The highest BCUT2D eigenvalue weighted by atomic mass is 127. The van der Waals surface area contributed by atoms with Crippen LogP contribution in [0.2, 0.25) is 0 Å². The standard InChI is InChI=1S/C25H35IN2O9/c1-34-8-5-28(25(33)16-3-7-36-14-16)19-11-17(24(32)27-4-6-29)12-20(22(19)31)37-23-18(26)9-15(13-30)10-21(23)35-2/h9-10,12,16,19-20,22,29-31H,3-8,11,13-14H2,1-2H3,(H,27,32). The minimum Gasteiger partial charge on any atom is -0.493 e. The fourth-order valence-electron chi connectivity index (χ4n) is 4.49. The molecule has 3 rings (SSSR count). The molecule has 0 spiro atoms. The van der Waals surface area contributed by atoms with E-state index in [1.54, 1.807) is 23.1 Å². The third-order valence-electron chi connectivity index (χ3n) is 6.44. The Balaban J connectivity index is 1.98. The summed E-state index contributed by atoms with van der Waals surface area (Å²) >= 11 is 2.05. The zero-order valence-corrected chi connectivity index (χ0v) is 23.2. The highest BCUT2D eigenvalue weighted by Crippen LogP contribution is 2.37. The Morgan fingerprint density at radius 1 is 1.27 bits per heavy atom. The summed E-state index contributed by atoms with van der Waals surface area (Å²) in [6, 6.07) is 2.60. The van der Waals surface area contributed by atoms with Gasteiger partial charge in [0.15, 0.2) is 11.5 Å². The smallest absolute Gasteiger partial charge is 0.247 e. The topological polar surface area (TPSA) is 147 Å². The fourth-order valence-corrected chi connectivity index (χ4v) is 5.28. The first kappa shape index (κ1) is 29.6. The number of carbonyl (C=O) groups excluding carboxylic acids is 2. The Hall–Kier alpha value is -1.97. The van der Waals surface area contributed by atoms with Crippen molar-refractivity contribution >= 4 is 34.4 Å². The lowest BCUT2D eigenvalue weighted by Gasteiger charge is -2.41. The van der Waals surface area contributed by atoms with E-state index in [0.29, 0.717) is 45.8 Å². The molecule has 2 aliphatic rings. The van der Waals surface area contributed by atoms with Crippen molar-refractivity contribution < 1.29 is 43.9 Å². The third-order valence-corrected chi connectivity index (χ3v) is 7.24. The van der Waals surface area contributed by atoms with E-state index >= 15 is 0 Å². The van der Waals surface area contributed by atoms with E-state index in [1.807, 2.05) is 0 Å². The lowest BCUT2D eigenvalue weighted by Crippen LogP contribution is -2.57. The van der Waals surface area contributed by atoms with Crippen LogP contribution >= 0.6 is 22.6 Å². The number of aliphatic hydroxyl groups is 3. The van der Waals surface area contributed by atoms with Crippen LogP contribution in [0.1, 0.15) is 18.4 Å². The molecule has 4 atom stereocenters. The molecule has 1 heterocycles. The van der Waals surface area contributed by atoms with E-state index in [2.05, 4.69) is 27.9 Å². The van der Waals surface area contributed by atoms with Crippen molar-refractivity contribution in [3.05, 3.63) is 32.9 Å². The van der Waals surface area contributed by atoms with Crippen molar-refractivity contribution in [2.45, 2.75) is 37.7 Å². The number of rotatable bonds is 12. The number of halogens is 1. The monoisotopic (exact) mass is 634 g/mol. The van der Waals surface area contributed by atoms with Gasteiger partial charge >= 0.3 is 0 Å². The quantitative estimate of drug-likeness (QED) is 0.237. The summed E-state index contributed by atoms with van der Waals surface area (Å²) in [4.78, 5) is 28.0. The molecule has 1 aromatic rings. The number of methoxy groups -OCH3 is 2. The maximum Gasteiger partial charge on any atom is 0.247 e. The Labute approximate surface area is 229 Å². The number of amides is 2. The van der Waals surface area contributed by atoms with Gasteiger partial charge in [-0.15, -0.1) is 0 Å². The van der Waals surface area contributed by atoms with Crippen LogP contribution in [0.4, 0.5) is 0 Å². The van der Waals surface area contributed by atoms with Gasteiger partial charge in [0.1, 0.15) is 12.2 Å². The van der Waals surface area contributed by atoms with Crippen LogP contribution < -0.4 is 14.8 Å². The molecule has 1 aromatic carbocycles. The van der Waals surface area contributed by atoms with Gasteiger partial charge in [-0.25, -0.2) is 0 Å². The highest BCUT2D eigenvalue weighted by Gasteiger charge is 2.42. The summed E-state index contributed by atoms with van der Waals surface area (Å²) in [6.07, 6.45) is 0.0568. The van der Waals surface area contributed by atoms with Crippen molar-refractivity contribution in [3.8, 4) is 11.5 Å². The van der Waals surface area contributed by atoms with Gasteiger partial charge in [-0.1, -0.05) is 0 Å². The number of nitrogens with one attached hydrogen (secondary N) is 1. The van der Waals surface area contributed by atoms with E-state index in [1.165, 1.54) is 14.2 Å². The van der Waals surface area contributed by atoms with Gasteiger partial charge in [-0.05, 0) is 52.8 Å². The second-order valence-corrected chi connectivity index (χ2v) is 10.0. The number of ether oxygens (including phenoxy) is 4. The average molecular weight is 634 g/mol. The van der Waals surface area contributed by atoms with Crippen molar-refractivity contribution in [2.75, 3.05) is 53.7 Å². The predicted octanol–water partition coefficient (Wildman–Crippen LogP) is 0.219. The van der Waals surface area contributed by atoms with Crippen LogP contribution in [0.15, 0.2) is 23.8 Å². The Morgan fingerprint density at radius 2 is 2.05 bits per heavy atom. The number of nitrogens with zero attached hydrogens (tertiary/aromatic N) is 1. The van der Waals surface area contributed by atoms with Crippen LogP contribution in [0.25, 0.3) is 0 Å². The molecule has 4 N–H and O–H groups in total. The molecule has 37 heavy (non-hydrogen) atoms. The van der Waals surface area contributed by atoms with Crippen molar-refractivity contribution in [2.24, 2.45) is 5.92 Å². The van der Waals surface area contributed by atoms with Crippen LogP contribution in [0.3, 0.4) is 0 Å². The Bertz CT molecular complexity index is 968. The SMILES string of the molecule is COCCN(C(=O)C1CCOC1)C1CC(C(=O)NCCO)=CC(Oc2c(I)cc(CO)cc2OC)C1O. The summed E-state index contributed by atoms with van der Waals surface area (Å²) in [5, 5.41) is 32.8. The molecular weight excluding hydrogens is 599 g/mol. The molecular formula is C25H35IN2O9. The Morgan fingerprint density at radius 3 is 2.68 bits per heavy atom. The van der Waals surface area contributed by atoms with Gasteiger partial charge in [0.05, 0.1) is 49.1 Å². The molecule has 0 bridgehead atoms. The van der Waals surface area contributed by atoms with E-state index in [4.69, 9.17) is 24.1 Å². The van der Waals surface area contributed by atoms with Gasteiger partial charge in [-0.2, -0.15) is 0 Å². The van der Waals surface area contributed by atoms with E-state index < -0.39 is 24.2 Å². The first-order valence-corrected chi connectivity index (χ1v) is 13.2. The van der Waals surface area contributed by atoms with Gasteiger partial charge in [0.2, 0.25) is 11.8 Å². The maximum atomic E-state index is 13.5. The van der Waals surface area contributed by atoms with Crippen LogP contribution in [0, 0.1) is 9.49 Å². The minimum absolute atomic E-state index is 0.0645. The third kappa shape index (κ3) is 7.33. The summed E-state index contributed by atoms with van der Waals surface area (Å²) in [7, 11) is 3.00. The van der Waals surface area contributed by atoms with Crippen LogP contribution in [0.5, 0.6) is 11.5 Å². The molecule has 1 saturated heterocycles. The number of hydrogen-bond donors (Lipinski definition) is 4. The van der Waals surface area contributed by atoms with Crippen LogP contribution in [-0.4, -0.2) is 104 Å². The predicted molar refractivity (Wildman–Crippen MR) is 141 cm³/mol. The largest absolute Gasteiger partial charge is 0.493 e. The molecule has 0 saturated carbocycles. The highest BCUT2D eigenvalue weighted by molar-refractivity contribution is 14.1. The molecule has 206 valence electrons. The summed E-state index contributed by atoms with van der Waals surface area (Å²) in [6.45, 7) is 0.918. The van der Waals surface area contributed by atoms with Crippen molar-refractivity contribution in [1.82, 2.24) is 10.2 Å². The van der Waals surface area contributed by atoms with Gasteiger partial charge in [0, 0.05) is 38.8 Å². The minimum atomic E-state index is -1.17. The second-order valence-electron chi connectivity index (χ2n) is 8.87. The van der Waals surface area contributed by atoms with E-state index in [-0.39, 0.29) is 51.2 Å². The first-order chi connectivity index (χ1) is 17.8. The number of benzene rings is 1. The summed E-state index contributed by atoms with van der Waals surface area (Å²) < 4.78 is 23.0. The van der Waals surface area contributed by atoms with Gasteiger partial charge in [0.25, 0.3) is 0 Å². The molecule has 12 heteroatoms.